The predicted molar refractivity (Wildman–Crippen MR) is 70.2 cm³/mol. The lowest BCUT2D eigenvalue weighted by atomic mass is 9.93. The van der Waals surface area contributed by atoms with E-state index < -0.39 is 0 Å². The number of rotatable bonds is 6. The summed E-state index contributed by atoms with van der Waals surface area (Å²) >= 11 is 0. The highest BCUT2D eigenvalue weighted by Crippen LogP contribution is 2.22. The quantitative estimate of drug-likeness (QED) is 0.659. The summed E-state index contributed by atoms with van der Waals surface area (Å²) in [5.41, 5.74) is -0.315. The van der Waals surface area contributed by atoms with Gasteiger partial charge >= 0.3 is 0 Å². The monoisotopic (exact) mass is 250 g/mol. The number of aromatic nitrogens is 2. The molecule has 0 saturated carbocycles. The SMILES string of the molecule is CCC1(C(=O)NCCCc2ncc[nH]2)CCCN1. The number of nitrogens with one attached hydrogen (secondary N) is 3. The molecule has 0 radical (unpaired) electrons. The van der Waals surface area contributed by atoms with Gasteiger partial charge in [-0.3, -0.25) is 4.79 Å². The molecule has 0 aliphatic carbocycles. The summed E-state index contributed by atoms with van der Waals surface area (Å²) in [4.78, 5) is 19.4. The van der Waals surface area contributed by atoms with E-state index in [0.717, 1.165) is 44.5 Å². The summed E-state index contributed by atoms with van der Waals surface area (Å²) in [6.07, 6.45) is 8.27. The fourth-order valence-corrected chi connectivity index (χ4v) is 2.52. The molecule has 0 spiro atoms. The smallest absolute Gasteiger partial charge is 0.240 e. The zero-order valence-electron chi connectivity index (χ0n) is 11.0. The largest absolute Gasteiger partial charge is 0.354 e. The summed E-state index contributed by atoms with van der Waals surface area (Å²) in [5.74, 6) is 1.13. The molecule has 3 N–H and O–H groups in total. The number of H-pyrrole nitrogens is 1. The summed E-state index contributed by atoms with van der Waals surface area (Å²) in [7, 11) is 0. The van der Waals surface area contributed by atoms with E-state index in [2.05, 4.69) is 27.5 Å². The second kappa shape index (κ2) is 6.00. The molecule has 2 heterocycles. The molecule has 1 aliphatic rings. The number of carbonyl (C=O) groups is 1. The Bertz CT molecular complexity index is 368. The maximum absolute atomic E-state index is 12.2. The van der Waals surface area contributed by atoms with Gasteiger partial charge in [0.1, 0.15) is 5.82 Å². The molecule has 1 atom stereocenters. The molecule has 100 valence electrons. The Morgan fingerprint density at radius 2 is 2.50 bits per heavy atom. The van der Waals surface area contributed by atoms with Crippen molar-refractivity contribution < 1.29 is 4.79 Å². The van der Waals surface area contributed by atoms with Crippen molar-refractivity contribution in [2.75, 3.05) is 13.1 Å². The molecular weight excluding hydrogens is 228 g/mol. The molecule has 18 heavy (non-hydrogen) atoms. The fraction of sp³-hybridized carbons (Fsp3) is 0.692. The first-order valence-electron chi connectivity index (χ1n) is 6.78. The zero-order chi connectivity index (χ0) is 12.8. The van der Waals surface area contributed by atoms with Gasteiger partial charge in [0.05, 0.1) is 5.54 Å². The standard InChI is InChI=1S/C13H22N4O/c1-2-13(6-4-8-17-13)12(18)16-7-3-5-11-14-9-10-15-11/h9-10,17H,2-8H2,1H3,(H,14,15)(H,16,18). The van der Waals surface area contributed by atoms with Crippen molar-refractivity contribution in [2.45, 2.75) is 44.6 Å². The lowest BCUT2D eigenvalue weighted by molar-refractivity contribution is -0.127. The number of amides is 1. The third-order valence-electron chi connectivity index (χ3n) is 3.71. The van der Waals surface area contributed by atoms with Crippen molar-refractivity contribution in [1.29, 1.82) is 0 Å². The number of imidazole rings is 1. The van der Waals surface area contributed by atoms with Crippen LogP contribution in [-0.2, 0) is 11.2 Å². The molecule has 1 aromatic heterocycles. The van der Waals surface area contributed by atoms with Gasteiger partial charge in [0.25, 0.3) is 0 Å². The van der Waals surface area contributed by atoms with Crippen LogP contribution in [0, 0.1) is 0 Å². The van der Waals surface area contributed by atoms with Crippen LogP contribution >= 0.6 is 0 Å². The van der Waals surface area contributed by atoms with Crippen LogP contribution < -0.4 is 10.6 Å². The number of carbonyl (C=O) groups excluding carboxylic acids is 1. The third kappa shape index (κ3) is 2.90. The molecule has 5 nitrogen and oxygen atoms in total. The van der Waals surface area contributed by atoms with E-state index in [0.29, 0.717) is 6.54 Å². The number of nitrogens with zero attached hydrogens (tertiary/aromatic N) is 1. The molecule has 1 amide bonds. The fourth-order valence-electron chi connectivity index (χ4n) is 2.52. The normalized spacial score (nSPS) is 23.2. The highest BCUT2D eigenvalue weighted by Gasteiger charge is 2.38. The first-order valence-corrected chi connectivity index (χ1v) is 6.78. The molecule has 1 aromatic rings. The van der Waals surface area contributed by atoms with Crippen molar-refractivity contribution in [2.24, 2.45) is 0 Å². The molecule has 0 aromatic carbocycles. The molecule has 1 aliphatic heterocycles. The van der Waals surface area contributed by atoms with Crippen LogP contribution in [0.2, 0.25) is 0 Å². The van der Waals surface area contributed by atoms with Crippen LogP contribution in [0.25, 0.3) is 0 Å². The second-order valence-electron chi connectivity index (χ2n) is 4.86. The van der Waals surface area contributed by atoms with Crippen molar-refractivity contribution in [3.8, 4) is 0 Å². The van der Waals surface area contributed by atoms with Crippen molar-refractivity contribution >= 4 is 5.91 Å². The van der Waals surface area contributed by atoms with Gasteiger partial charge in [-0.2, -0.15) is 0 Å². The van der Waals surface area contributed by atoms with Crippen molar-refractivity contribution in [3.05, 3.63) is 18.2 Å². The minimum atomic E-state index is -0.315. The van der Waals surface area contributed by atoms with Crippen LogP contribution in [-0.4, -0.2) is 34.5 Å². The summed E-state index contributed by atoms with van der Waals surface area (Å²) < 4.78 is 0. The van der Waals surface area contributed by atoms with E-state index in [9.17, 15) is 4.79 Å². The Morgan fingerprint density at radius 3 is 3.11 bits per heavy atom. The number of hydrogen-bond donors (Lipinski definition) is 3. The maximum Gasteiger partial charge on any atom is 0.240 e. The molecule has 1 fully saturated rings. The van der Waals surface area contributed by atoms with Crippen molar-refractivity contribution in [1.82, 2.24) is 20.6 Å². The Kier molecular flexibility index (Phi) is 4.36. The zero-order valence-corrected chi connectivity index (χ0v) is 11.0. The molecule has 5 heteroatoms. The Morgan fingerprint density at radius 1 is 1.61 bits per heavy atom. The Hall–Kier alpha value is -1.36. The van der Waals surface area contributed by atoms with E-state index in [1.54, 1.807) is 6.20 Å². The molecule has 0 bridgehead atoms. The van der Waals surface area contributed by atoms with Crippen LogP contribution in [0.1, 0.15) is 38.4 Å². The lowest BCUT2D eigenvalue weighted by Gasteiger charge is -2.26. The average molecular weight is 250 g/mol. The van der Waals surface area contributed by atoms with Crippen LogP contribution in [0.15, 0.2) is 12.4 Å². The minimum absolute atomic E-state index is 0.155. The van der Waals surface area contributed by atoms with Crippen LogP contribution in [0.4, 0.5) is 0 Å². The second-order valence-corrected chi connectivity index (χ2v) is 4.86. The van der Waals surface area contributed by atoms with Gasteiger partial charge < -0.3 is 15.6 Å². The number of hydrogen-bond acceptors (Lipinski definition) is 3. The predicted octanol–water partition coefficient (Wildman–Crippen LogP) is 0.991. The van der Waals surface area contributed by atoms with Crippen LogP contribution in [0.5, 0.6) is 0 Å². The van der Waals surface area contributed by atoms with Gasteiger partial charge in [-0.25, -0.2) is 4.98 Å². The molecule has 2 rings (SSSR count). The van der Waals surface area contributed by atoms with E-state index >= 15 is 0 Å². The van der Waals surface area contributed by atoms with Gasteiger partial charge in [-0.1, -0.05) is 6.92 Å². The maximum atomic E-state index is 12.2. The van der Waals surface area contributed by atoms with E-state index in [4.69, 9.17) is 0 Å². The van der Waals surface area contributed by atoms with Gasteiger partial charge in [-0.05, 0) is 32.2 Å². The Balaban J connectivity index is 1.71. The number of aromatic amines is 1. The van der Waals surface area contributed by atoms with Gasteiger partial charge in [0, 0.05) is 25.4 Å². The average Bonchev–Trinajstić information content (AvgIpc) is 3.05. The molecule has 1 saturated heterocycles. The topological polar surface area (TPSA) is 69.8 Å². The highest BCUT2D eigenvalue weighted by atomic mass is 16.2. The van der Waals surface area contributed by atoms with Gasteiger partial charge in [0.2, 0.25) is 5.91 Å². The molecule has 1 unspecified atom stereocenters. The summed E-state index contributed by atoms with van der Waals surface area (Å²) in [5, 5.41) is 6.38. The number of aryl methyl sites for hydroxylation is 1. The highest BCUT2D eigenvalue weighted by molar-refractivity contribution is 5.86. The summed E-state index contributed by atoms with van der Waals surface area (Å²) in [6.45, 7) is 3.73. The van der Waals surface area contributed by atoms with E-state index in [1.807, 2.05) is 6.20 Å². The van der Waals surface area contributed by atoms with E-state index in [1.165, 1.54) is 0 Å². The van der Waals surface area contributed by atoms with E-state index in [-0.39, 0.29) is 11.4 Å². The third-order valence-corrected chi connectivity index (χ3v) is 3.71. The van der Waals surface area contributed by atoms with Crippen LogP contribution in [0.3, 0.4) is 0 Å². The van der Waals surface area contributed by atoms with Gasteiger partial charge in [0.15, 0.2) is 0 Å². The molecular formula is C13H22N4O. The minimum Gasteiger partial charge on any atom is -0.354 e. The first-order chi connectivity index (χ1) is 8.77. The van der Waals surface area contributed by atoms with Crippen molar-refractivity contribution in [3.63, 3.8) is 0 Å². The Labute approximate surface area is 108 Å². The van der Waals surface area contributed by atoms with Gasteiger partial charge in [-0.15, -0.1) is 0 Å². The summed E-state index contributed by atoms with van der Waals surface area (Å²) in [6, 6.07) is 0. The first kappa shape index (κ1) is 13.1. The lowest BCUT2D eigenvalue weighted by Crippen LogP contribution is -2.53.